The second-order valence-electron chi connectivity index (χ2n) is 4.14. The highest BCUT2D eigenvalue weighted by atomic mass is 15.1. The average molecular weight is 227 g/mol. The molecule has 17 heavy (non-hydrogen) atoms. The summed E-state index contributed by atoms with van der Waals surface area (Å²) in [7, 11) is 0. The fraction of sp³-hybridized carbons (Fsp3) is 0.286. The number of benzene rings is 1. The van der Waals surface area contributed by atoms with Crippen molar-refractivity contribution in [2.24, 2.45) is 0 Å². The van der Waals surface area contributed by atoms with Crippen LogP contribution in [-0.4, -0.2) is 16.5 Å². The van der Waals surface area contributed by atoms with E-state index in [0.29, 0.717) is 5.95 Å². The first-order chi connectivity index (χ1) is 8.20. The summed E-state index contributed by atoms with van der Waals surface area (Å²) in [5.74, 6) is 0.682. The molecule has 0 amide bonds. The van der Waals surface area contributed by atoms with Gasteiger partial charge in [0.2, 0.25) is 5.95 Å². The number of nitrogens with one attached hydrogen (secondary N) is 1. The van der Waals surface area contributed by atoms with Gasteiger partial charge in [-0.3, -0.25) is 0 Å². The Hall–Kier alpha value is -1.90. The van der Waals surface area contributed by atoms with E-state index in [9.17, 15) is 0 Å². The van der Waals surface area contributed by atoms with Crippen LogP contribution in [0.25, 0.3) is 11.1 Å². The van der Waals surface area contributed by atoms with Crippen LogP contribution in [-0.2, 0) is 0 Å². The Morgan fingerprint density at radius 3 is 2.47 bits per heavy atom. The number of rotatable bonds is 3. The Morgan fingerprint density at radius 1 is 1.12 bits per heavy atom. The summed E-state index contributed by atoms with van der Waals surface area (Å²) >= 11 is 0. The number of anilines is 1. The van der Waals surface area contributed by atoms with Crippen LogP contribution in [0.2, 0.25) is 0 Å². The summed E-state index contributed by atoms with van der Waals surface area (Å²) in [5, 5.41) is 3.09. The third kappa shape index (κ3) is 2.61. The molecule has 1 N–H and O–H groups in total. The van der Waals surface area contributed by atoms with Crippen LogP contribution in [0.1, 0.15) is 18.1 Å². The Bertz CT molecular complexity index is 503. The van der Waals surface area contributed by atoms with Gasteiger partial charge in [0.1, 0.15) is 0 Å². The maximum absolute atomic E-state index is 4.29. The Balaban J connectivity index is 2.36. The van der Waals surface area contributed by atoms with Crippen LogP contribution in [0.15, 0.2) is 30.6 Å². The topological polar surface area (TPSA) is 37.8 Å². The zero-order chi connectivity index (χ0) is 12.3. The summed E-state index contributed by atoms with van der Waals surface area (Å²) < 4.78 is 0. The van der Waals surface area contributed by atoms with Crippen LogP contribution >= 0.6 is 0 Å². The predicted octanol–water partition coefficient (Wildman–Crippen LogP) is 3.19. The maximum atomic E-state index is 4.29. The molecule has 88 valence electrons. The van der Waals surface area contributed by atoms with Crippen molar-refractivity contribution in [3.05, 3.63) is 41.7 Å². The molecule has 2 rings (SSSR count). The van der Waals surface area contributed by atoms with Gasteiger partial charge in [0.05, 0.1) is 0 Å². The lowest BCUT2D eigenvalue weighted by Crippen LogP contribution is -2.01. The molecule has 0 fully saturated rings. The monoisotopic (exact) mass is 227 g/mol. The van der Waals surface area contributed by atoms with Crippen molar-refractivity contribution in [1.82, 2.24) is 9.97 Å². The molecule has 1 heterocycles. The third-order valence-corrected chi connectivity index (χ3v) is 2.69. The molecule has 0 aliphatic rings. The lowest BCUT2D eigenvalue weighted by atomic mass is 10.0. The molecule has 0 aliphatic heterocycles. The van der Waals surface area contributed by atoms with E-state index in [-0.39, 0.29) is 0 Å². The summed E-state index contributed by atoms with van der Waals surface area (Å²) in [6, 6.07) is 6.41. The van der Waals surface area contributed by atoms with Gasteiger partial charge in [0.25, 0.3) is 0 Å². The largest absolute Gasteiger partial charge is 0.355 e. The maximum Gasteiger partial charge on any atom is 0.222 e. The van der Waals surface area contributed by atoms with Crippen LogP contribution < -0.4 is 5.32 Å². The molecule has 0 radical (unpaired) electrons. The zero-order valence-electron chi connectivity index (χ0n) is 10.5. The van der Waals surface area contributed by atoms with Crippen molar-refractivity contribution in [2.45, 2.75) is 20.8 Å². The summed E-state index contributed by atoms with van der Waals surface area (Å²) in [6.45, 7) is 7.06. The van der Waals surface area contributed by atoms with E-state index < -0.39 is 0 Å². The second-order valence-corrected chi connectivity index (χ2v) is 4.14. The van der Waals surface area contributed by atoms with Gasteiger partial charge in [-0.1, -0.05) is 23.8 Å². The first kappa shape index (κ1) is 11.6. The highest BCUT2D eigenvalue weighted by molar-refractivity contribution is 5.66. The van der Waals surface area contributed by atoms with E-state index in [0.717, 1.165) is 12.1 Å². The molecule has 0 spiro atoms. The smallest absolute Gasteiger partial charge is 0.222 e. The van der Waals surface area contributed by atoms with Crippen molar-refractivity contribution in [3.8, 4) is 11.1 Å². The normalized spacial score (nSPS) is 10.3. The molecule has 0 bridgehead atoms. The number of hydrogen-bond acceptors (Lipinski definition) is 3. The number of aromatic nitrogens is 2. The van der Waals surface area contributed by atoms with Crippen LogP contribution in [0.4, 0.5) is 5.95 Å². The van der Waals surface area contributed by atoms with Gasteiger partial charge in [-0.15, -0.1) is 0 Å². The second kappa shape index (κ2) is 4.95. The Morgan fingerprint density at radius 2 is 1.82 bits per heavy atom. The van der Waals surface area contributed by atoms with E-state index in [4.69, 9.17) is 0 Å². The van der Waals surface area contributed by atoms with Crippen molar-refractivity contribution < 1.29 is 0 Å². The predicted molar refractivity (Wildman–Crippen MR) is 71.1 cm³/mol. The summed E-state index contributed by atoms with van der Waals surface area (Å²) in [4.78, 5) is 8.59. The Kier molecular flexibility index (Phi) is 3.38. The fourth-order valence-electron chi connectivity index (χ4n) is 1.76. The van der Waals surface area contributed by atoms with Gasteiger partial charge in [0.15, 0.2) is 0 Å². The molecule has 2 aromatic rings. The summed E-state index contributed by atoms with van der Waals surface area (Å²) in [5.41, 5.74) is 4.76. The standard InChI is InChI=1S/C14H17N3/c1-4-15-14-16-8-12(9-17-14)13-7-10(2)5-6-11(13)3/h5-9H,4H2,1-3H3,(H,15,16,17). The van der Waals surface area contributed by atoms with Crippen molar-refractivity contribution in [1.29, 1.82) is 0 Å². The van der Waals surface area contributed by atoms with Crippen molar-refractivity contribution in [2.75, 3.05) is 11.9 Å². The molecule has 3 nitrogen and oxygen atoms in total. The zero-order valence-corrected chi connectivity index (χ0v) is 10.5. The first-order valence-corrected chi connectivity index (χ1v) is 5.84. The lowest BCUT2D eigenvalue weighted by molar-refractivity contribution is 1.09. The van der Waals surface area contributed by atoms with Gasteiger partial charge in [-0.05, 0) is 31.9 Å². The van der Waals surface area contributed by atoms with Gasteiger partial charge >= 0.3 is 0 Å². The molecule has 0 saturated carbocycles. The van der Waals surface area contributed by atoms with E-state index >= 15 is 0 Å². The number of nitrogens with zero attached hydrogens (tertiary/aromatic N) is 2. The molecule has 1 aromatic heterocycles. The minimum Gasteiger partial charge on any atom is -0.355 e. The molecule has 0 unspecified atom stereocenters. The average Bonchev–Trinajstić information content (AvgIpc) is 2.34. The van der Waals surface area contributed by atoms with Crippen LogP contribution in [0, 0.1) is 13.8 Å². The third-order valence-electron chi connectivity index (χ3n) is 2.69. The molecule has 0 saturated heterocycles. The van der Waals surface area contributed by atoms with Crippen molar-refractivity contribution >= 4 is 5.95 Å². The molecule has 3 heteroatoms. The molecular weight excluding hydrogens is 210 g/mol. The quantitative estimate of drug-likeness (QED) is 0.875. The first-order valence-electron chi connectivity index (χ1n) is 5.84. The van der Waals surface area contributed by atoms with Gasteiger partial charge in [-0.25, -0.2) is 9.97 Å². The number of hydrogen-bond donors (Lipinski definition) is 1. The SMILES string of the molecule is CCNc1ncc(-c2cc(C)ccc2C)cn1. The summed E-state index contributed by atoms with van der Waals surface area (Å²) in [6.07, 6.45) is 3.74. The highest BCUT2D eigenvalue weighted by Gasteiger charge is 2.03. The van der Waals surface area contributed by atoms with Crippen molar-refractivity contribution in [3.63, 3.8) is 0 Å². The van der Waals surface area contributed by atoms with Gasteiger partial charge in [-0.2, -0.15) is 0 Å². The minimum atomic E-state index is 0.682. The molecule has 0 atom stereocenters. The number of aryl methyl sites for hydroxylation is 2. The molecular formula is C14H17N3. The van der Waals surface area contributed by atoms with E-state index in [1.54, 1.807) is 0 Å². The van der Waals surface area contributed by atoms with Gasteiger partial charge < -0.3 is 5.32 Å². The van der Waals surface area contributed by atoms with E-state index in [2.05, 4.69) is 47.3 Å². The highest BCUT2D eigenvalue weighted by Crippen LogP contribution is 2.23. The Labute approximate surface area is 102 Å². The van der Waals surface area contributed by atoms with E-state index in [1.807, 2.05) is 19.3 Å². The van der Waals surface area contributed by atoms with Crippen LogP contribution in [0.5, 0.6) is 0 Å². The van der Waals surface area contributed by atoms with Gasteiger partial charge in [0, 0.05) is 24.5 Å². The molecule has 1 aromatic carbocycles. The van der Waals surface area contributed by atoms with Crippen LogP contribution in [0.3, 0.4) is 0 Å². The lowest BCUT2D eigenvalue weighted by Gasteiger charge is -2.07. The fourth-order valence-corrected chi connectivity index (χ4v) is 1.76. The van der Waals surface area contributed by atoms with E-state index in [1.165, 1.54) is 16.7 Å². The minimum absolute atomic E-state index is 0.682. The molecule has 0 aliphatic carbocycles.